The lowest BCUT2D eigenvalue weighted by Crippen LogP contribution is -2.34. The minimum atomic E-state index is -1.04. The molecule has 2 heterocycles. The Morgan fingerprint density at radius 3 is 2.76 bits per heavy atom. The number of nitrogens with zero attached hydrogens (tertiary/aromatic N) is 2. The van der Waals surface area contributed by atoms with Crippen LogP contribution in [-0.2, 0) is 26.5 Å². The summed E-state index contributed by atoms with van der Waals surface area (Å²) in [6, 6.07) is 12.9. The molecular formula is C23H24Cl3N3O4S. The van der Waals surface area contributed by atoms with Crippen LogP contribution in [0.15, 0.2) is 66.1 Å². The number of benzene rings is 2. The summed E-state index contributed by atoms with van der Waals surface area (Å²) < 4.78 is 19.5. The average Bonchev–Trinajstić information content (AvgIpc) is 3.44. The molecule has 0 aliphatic carbocycles. The molecule has 0 spiro atoms. The monoisotopic (exact) mass is 543 g/mol. The molecule has 0 bridgehead atoms. The lowest BCUT2D eigenvalue weighted by molar-refractivity contribution is -0.184. The van der Waals surface area contributed by atoms with Gasteiger partial charge in [0.2, 0.25) is 5.79 Å². The second-order valence-electron chi connectivity index (χ2n) is 7.34. The molecule has 7 nitrogen and oxygen atoms in total. The molecule has 1 N–H and O–H groups in total. The minimum absolute atomic E-state index is 0. The van der Waals surface area contributed by atoms with Gasteiger partial charge in [-0.3, -0.25) is 5.32 Å². The van der Waals surface area contributed by atoms with Crippen molar-refractivity contribution < 1.29 is 19.0 Å². The summed E-state index contributed by atoms with van der Waals surface area (Å²) in [6.45, 7) is 2.92. The quantitative estimate of drug-likeness (QED) is 0.338. The van der Waals surface area contributed by atoms with Crippen molar-refractivity contribution in [1.29, 1.82) is 0 Å². The molecule has 3 aromatic rings. The minimum Gasteiger partial charge on any atom is -0.450 e. The van der Waals surface area contributed by atoms with E-state index in [4.69, 9.17) is 37.4 Å². The summed E-state index contributed by atoms with van der Waals surface area (Å²) in [5.74, 6) is -0.359. The molecule has 4 rings (SSSR count). The first kappa shape index (κ1) is 26.7. The number of nitrogens with one attached hydrogen (secondary N) is 1. The first-order valence-corrected chi connectivity index (χ1v) is 12.1. The fourth-order valence-corrected chi connectivity index (χ4v) is 4.91. The van der Waals surface area contributed by atoms with E-state index in [0.717, 1.165) is 10.5 Å². The normalized spacial score (nSPS) is 19.4. The Kier molecular flexibility index (Phi) is 9.53. The van der Waals surface area contributed by atoms with E-state index >= 15 is 0 Å². The van der Waals surface area contributed by atoms with Gasteiger partial charge in [0.25, 0.3) is 0 Å². The molecule has 1 fully saturated rings. The van der Waals surface area contributed by atoms with E-state index in [1.54, 1.807) is 43.3 Å². The predicted molar refractivity (Wildman–Crippen MR) is 136 cm³/mol. The predicted octanol–water partition coefficient (Wildman–Crippen LogP) is 6.24. The van der Waals surface area contributed by atoms with Crippen LogP contribution < -0.4 is 5.32 Å². The van der Waals surface area contributed by atoms with E-state index in [1.807, 2.05) is 41.1 Å². The molecule has 2 aromatic carbocycles. The van der Waals surface area contributed by atoms with Gasteiger partial charge in [0.1, 0.15) is 0 Å². The highest BCUT2D eigenvalue weighted by molar-refractivity contribution is 7.99. The SMILES string of the molecule is CCOC(=O)Nc1ccc(SC[C@@H]2CO[C@@](Cn3ccnc3)(c3ccc(Cl)cc3Cl)O2)cc1.Cl. The summed E-state index contributed by atoms with van der Waals surface area (Å²) in [4.78, 5) is 16.7. The topological polar surface area (TPSA) is 74.6 Å². The van der Waals surface area contributed by atoms with Crippen LogP contribution >= 0.6 is 47.4 Å². The fraction of sp³-hybridized carbons (Fsp3) is 0.304. The Hall–Kier alpha value is -1.94. The van der Waals surface area contributed by atoms with E-state index in [0.29, 0.717) is 41.2 Å². The number of ether oxygens (including phenoxy) is 3. The molecule has 0 saturated carbocycles. The number of anilines is 1. The van der Waals surface area contributed by atoms with Crippen LogP contribution in [0.3, 0.4) is 0 Å². The number of carbonyl (C=O) groups is 1. The lowest BCUT2D eigenvalue weighted by atomic mass is 10.1. The molecule has 1 saturated heterocycles. The molecule has 0 radical (unpaired) electrons. The van der Waals surface area contributed by atoms with Crippen molar-refractivity contribution >= 4 is 59.2 Å². The summed E-state index contributed by atoms with van der Waals surface area (Å²) in [7, 11) is 0. The third-order valence-corrected chi connectivity index (χ3v) is 6.65. The Labute approximate surface area is 218 Å². The molecule has 0 unspecified atom stereocenters. The first-order valence-electron chi connectivity index (χ1n) is 10.4. The highest BCUT2D eigenvalue weighted by Crippen LogP contribution is 2.41. The van der Waals surface area contributed by atoms with E-state index in [1.165, 1.54) is 0 Å². The van der Waals surface area contributed by atoms with E-state index in [2.05, 4.69) is 10.3 Å². The standard InChI is InChI=1S/C23H23Cl2N3O4S.ClH/c1-2-30-22(29)27-17-4-6-19(7-5-17)33-13-18-12-31-23(32-18,14-28-10-9-26-15-28)20-8-3-16(24)11-21(20)25;/h3-11,15,18H,2,12-14H2,1H3,(H,27,29);1H/t18-,23+;/m0./s1. The zero-order chi connectivity index (χ0) is 23.3. The van der Waals surface area contributed by atoms with Gasteiger partial charge in [0, 0.05) is 39.3 Å². The number of hydrogen-bond acceptors (Lipinski definition) is 6. The van der Waals surface area contributed by atoms with E-state index in [-0.39, 0.29) is 18.5 Å². The number of thioether (sulfide) groups is 1. The van der Waals surface area contributed by atoms with Gasteiger partial charge in [-0.15, -0.1) is 24.2 Å². The Morgan fingerprint density at radius 1 is 1.29 bits per heavy atom. The van der Waals surface area contributed by atoms with Crippen LogP contribution in [0.5, 0.6) is 0 Å². The van der Waals surface area contributed by atoms with Crippen molar-refractivity contribution in [3.05, 3.63) is 76.8 Å². The number of aromatic nitrogens is 2. The van der Waals surface area contributed by atoms with Crippen molar-refractivity contribution in [3.8, 4) is 0 Å². The maximum absolute atomic E-state index is 11.5. The molecule has 1 aliphatic rings. The highest BCUT2D eigenvalue weighted by atomic mass is 35.5. The van der Waals surface area contributed by atoms with Gasteiger partial charge < -0.3 is 18.8 Å². The van der Waals surface area contributed by atoms with Crippen molar-refractivity contribution in [3.63, 3.8) is 0 Å². The summed E-state index contributed by atoms with van der Waals surface area (Å²) >= 11 is 14.3. The molecule has 182 valence electrons. The van der Waals surface area contributed by atoms with Crippen LogP contribution in [0, 0.1) is 0 Å². The van der Waals surface area contributed by atoms with Gasteiger partial charge in [-0.25, -0.2) is 9.78 Å². The second kappa shape index (κ2) is 12.2. The number of halogens is 3. The number of imidazole rings is 1. The largest absolute Gasteiger partial charge is 0.450 e. The van der Waals surface area contributed by atoms with Crippen LogP contribution in [0.4, 0.5) is 10.5 Å². The van der Waals surface area contributed by atoms with Gasteiger partial charge in [-0.2, -0.15) is 0 Å². The first-order chi connectivity index (χ1) is 16.0. The molecule has 11 heteroatoms. The maximum Gasteiger partial charge on any atom is 0.411 e. The van der Waals surface area contributed by atoms with Gasteiger partial charge in [0.05, 0.1) is 37.2 Å². The molecule has 1 aromatic heterocycles. The Balaban J connectivity index is 0.00000324. The third kappa shape index (κ3) is 6.59. The van der Waals surface area contributed by atoms with Crippen molar-refractivity contribution in [2.24, 2.45) is 0 Å². The van der Waals surface area contributed by atoms with Gasteiger partial charge in [-0.05, 0) is 43.3 Å². The van der Waals surface area contributed by atoms with E-state index < -0.39 is 11.9 Å². The zero-order valence-corrected chi connectivity index (χ0v) is 21.4. The summed E-state index contributed by atoms with van der Waals surface area (Å²) in [5.41, 5.74) is 1.40. The van der Waals surface area contributed by atoms with Gasteiger partial charge in [-0.1, -0.05) is 29.3 Å². The fourth-order valence-electron chi connectivity index (χ4n) is 3.48. The van der Waals surface area contributed by atoms with Crippen LogP contribution in [0.2, 0.25) is 10.0 Å². The number of hydrogen-bond donors (Lipinski definition) is 1. The Bertz CT molecular complexity index is 1090. The number of amides is 1. The molecule has 1 amide bonds. The molecule has 1 aliphatic heterocycles. The Morgan fingerprint density at radius 2 is 2.09 bits per heavy atom. The lowest BCUT2D eigenvalue weighted by Gasteiger charge is -2.30. The van der Waals surface area contributed by atoms with E-state index in [9.17, 15) is 4.79 Å². The van der Waals surface area contributed by atoms with Gasteiger partial charge >= 0.3 is 6.09 Å². The van der Waals surface area contributed by atoms with Crippen molar-refractivity contribution in [2.75, 3.05) is 24.3 Å². The molecule has 2 atom stereocenters. The number of carbonyl (C=O) groups excluding carboxylic acids is 1. The van der Waals surface area contributed by atoms with Crippen LogP contribution in [-0.4, -0.2) is 40.7 Å². The van der Waals surface area contributed by atoms with Crippen LogP contribution in [0.1, 0.15) is 12.5 Å². The average molecular weight is 545 g/mol. The maximum atomic E-state index is 11.5. The smallest absolute Gasteiger partial charge is 0.411 e. The highest BCUT2D eigenvalue weighted by Gasteiger charge is 2.45. The van der Waals surface area contributed by atoms with Crippen molar-refractivity contribution in [2.45, 2.75) is 30.3 Å². The molecule has 34 heavy (non-hydrogen) atoms. The summed E-state index contributed by atoms with van der Waals surface area (Å²) in [6.07, 6.45) is 4.66. The zero-order valence-electron chi connectivity index (χ0n) is 18.3. The summed E-state index contributed by atoms with van der Waals surface area (Å²) in [5, 5.41) is 3.72. The number of rotatable bonds is 8. The molecular weight excluding hydrogens is 521 g/mol. The van der Waals surface area contributed by atoms with Crippen molar-refractivity contribution in [1.82, 2.24) is 9.55 Å². The second-order valence-corrected chi connectivity index (χ2v) is 9.28. The van der Waals surface area contributed by atoms with Gasteiger partial charge in [0.15, 0.2) is 0 Å². The third-order valence-electron chi connectivity index (χ3n) is 4.96. The van der Waals surface area contributed by atoms with Crippen LogP contribution in [0.25, 0.3) is 0 Å².